The van der Waals surface area contributed by atoms with E-state index in [1.807, 2.05) is 18.2 Å². The predicted octanol–water partition coefficient (Wildman–Crippen LogP) is 3.00. The maximum atomic E-state index is 12.7. The van der Waals surface area contributed by atoms with E-state index < -0.39 is 0 Å². The summed E-state index contributed by atoms with van der Waals surface area (Å²) in [4.78, 5) is 14.4. The van der Waals surface area contributed by atoms with Gasteiger partial charge in [0.2, 0.25) is 5.91 Å². The van der Waals surface area contributed by atoms with Gasteiger partial charge in [-0.25, -0.2) is 0 Å². The van der Waals surface area contributed by atoms with Gasteiger partial charge in [-0.3, -0.25) is 4.79 Å². The van der Waals surface area contributed by atoms with Crippen molar-refractivity contribution in [3.8, 4) is 11.5 Å². The predicted molar refractivity (Wildman–Crippen MR) is 93.2 cm³/mol. The zero-order chi connectivity index (χ0) is 17.4. The Morgan fingerprint density at radius 3 is 2.58 bits per heavy atom. The van der Waals surface area contributed by atoms with Crippen LogP contribution in [0.25, 0.3) is 0 Å². The second kappa shape index (κ2) is 9.52. The summed E-state index contributed by atoms with van der Waals surface area (Å²) < 4.78 is 10.7. The number of benzene rings is 1. The molecule has 0 heterocycles. The fraction of sp³-hybridized carbons (Fsp3) is 0.632. The Balaban J connectivity index is 2.07. The van der Waals surface area contributed by atoms with Crippen molar-refractivity contribution in [3.63, 3.8) is 0 Å². The fourth-order valence-electron chi connectivity index (χ4n) is 3.39. The Kier molecular flexibility index (Phi) is 7.37. The molecule has 0 radical (unpaired) electrons. The van der Waals surface area contributed by atoms with Crippen LogP contribution in [0, 0.1) is 5.92 Å². The van der Waals surface area contributed by atoms with Crippen molar-refractivity contribution < 1.29 is 19.4 Å². The lowest BCUT2D eigenvalue weighted by atomic mass is 9.86. The Bertz CT molecular complexity index is 526. The lowest BCUT2D eigenvalue weighted by Crippen LogP contribution is -2.34. The van der Waals surface area contributed by atoms with E-state index in [1.54, 1.807) is 19.1 Å². The van der Waals surface area contributed by atoms with Crippen molar-refractivity contribution in [2.45, 2.75) is 45.1 Å². The summed E-state index contributed by atoms with van der Waals surface area (Å²) in [5.41, 5.74) is 0.891. The first-order chi connectivity index (χ1) is 11.7. The van der Waals surface area contributed by atoms with E-state index in [-0.39, 0.29) is 12.5 Å². The molecule has 0 bridgehead atoms. The van der Waals surface area contributed by atoms with Gasteiger partial charge in [-0.15, -0.1) is 0 Å². The van der Waals surface area contributed by atoms with Crippen molar-refractivity contribution in [2.24, 2.45) is 5.92 Å². The first-order valence-corrected chi connectivity index (χ1v) is 8.77. The molecule has 0 spiro atoms. The van der Waals surface area contributed by atoms with Crippen molar-refractivity contribution in [3.05, 3.63) is 23.8 Å². The molecule has 1 N–H and O–H groups in total. The maximum Gasteiger partial charge on any atom is 0.223 e. The number of rotatable bonds is 8. The van der Waals surface area contributed by atoms with Crippen LogP contribution in [0.3, 0.4) is 0 Å². The Labute approximate surface area is 144 Å². The fourth-order valence-corrected chi connectivity index (χ4v) is 3.39. The molecule has 1 aromatic carbocycles. The number of aliphatic hydroxyl groups is 1. The zero-order valence-corrected chi connectivity index (χ0v) is 14.8. The quantitative estimate of drug-likeness (QED) is 0.793. The highest BCUT2D eigenvalue weighted by Crippen LogP contribution is 2.28. The highest BCUT2D eigenvalue weighted by Gasteiger charge is 2.22. The monoisotopic (exact) mass is 335 g/mol. The van der Waals surface area contributed by atoms with Gasteiger partial charge in [0.1, 0.15) is 11.5 Å². The van der Waals surface area contributed by atoms with Gasteiger partial charge in [0.25, 0.3) is 0 Å². The topological polar surface area (TPSA) is 59.0 Å². The summed E-state index contributed by atoms with van der Waals surface area (Å²) in [5.74, 6) is 2.05. The number of aliphatic hydroxyl groups excluding tert-OH is 1. The number of carbonyl (C=O) groups is 1. The van der Waals surface area contributed by atoms with Gasteiger partial charge < -0.3 is 19.5 Å². The summed E-state index contributed by atoms with van der Waals surface area (Å²) in [5, 5.41) is 9.35. The van der Waals surface area contributed by atoms with Crippen LogP contribution in [0.2, 0.25) is 0 Å². The SMILES string of the molecule is COc1ccc(OC)c(CN(CCO)C(=O)CC2CCCCC2)c1. The molecule has 1 fully saturated rings. The van der Waals surface area contributed by atoms with Crippen molar-refractivity contribution in [1.82, 2.24) is 4.90 Å². The Hall–Kier alpha value is -1.75. The van der Waals surface area contributed by atoms with Gasteiger partial charge in [-0.05, 0) is 37.0 Å². The summed E-state index contributed by atoms with van der Waals surface area (Å²) in [7, 11) is 3.23. The zero-order valence-electron chi connectivity index (χ0n) is 14.8. The summed E-state index contributed by atoms with van der Waals surface area (Å²) in [6.07, 6.45) is 6.59. The third-order valence-electron chi connectivity index (χ3n) is 4.76. The molecule has 0 saturated heterocycles. The molecule has 0 unspecified atom stereocenters. The van der Waals surface area contributed by atoms with Crippen LogP contribution in [0.5, 0.6) is 11.5 Å². The van der Waals surface area contributed by atoms with Crippen LogP contribution in [0.15, 0.2) is 18.2 Å². The molecule has 134 valence electrons. The number of carbonyl (C=O) groups excluding carboxylic acids is 1. The van der Waals surface area contributed by atoms with Crippen LogP contribution in [-0.2, 0) is 11.3 Å². The van der Waals surface area contributed by atoms with Gasteiger partial charge in [-0.1, -0.05) is 19.3 Å². The van der Waals surface area contributed by atoms with Crippen molar-refractivity contribution in [2.75, 3.05) is 27.4 Å². The molecular formula is C19H29NO4. The van der Waals surface area contributed by atoms with E-state index in [9.17, 15) is 9.90 Å². The highest BCUT2D eigenvalue weighted by atomic mass is 16.5. The molecule has 1 aliphatic carbocycles. The first-order valence-electron chi connectivity index (χ1n) is 8.77. The number of methoxy groups -OCH3 is 2. The maximum absolute atomic E-state index is 12.7. The van der Waals surface area contributed by atoms with E-state index >= 15 is 0 Å². The minimum absolute atomic E-state index is 0.0390. The van der Waals surface area contributed by atoms with Crippen LogP contribution < -0.4 is 9.47 Å². The van der Waals surface area contributed by atoms with Gasteiger partial charge in [0.05, 0.1) is 20.8 Å². The Morgan fingerprint density at radius 2 is 1.96 bits per heavy atom. The second-order valence-electron chi connectivity index (χ2n) is 6.42. The number of hydrogen-bond acceptors (Lipinski definition) is 4. The van der Waals surface area contributed by atoms with Gasteiger partial charge in [-0.2, -0.15) is 0 Å². The summed E-state index contributed by atoms with van der Waals surface area (Å²) in [6.45, 7) is 0.723. The number of hydrogen-bond donors (Lipinski definition) is 1. The molecule has 1 saturated carbocycles. The molecule has 0 atom stereocenters. The third kappa shape index (κ3) is 5.13. The average Bonchev–Trinajstić information content (AvgIpc) is 2.62. The van der Waals surface area contributed by atoms with E-state index in [0.717, 1.165) is 29.9 Å². The van der Waals surface area contributed by atoms with E-state index in [2.05, 4.69) is 0 Å². The van der Waals surface area contributed by atoms with Gasteiger partial charge in [0.15, 0.2) is 0 Å². The largest absolute Gasteiger partial charge is 0.497 e. The van der Waals surface area contributed by atoms with Crippen LogP contribution in [0.1, 0.15) is 44.1 Å². The molecular weight excluding hydrogens is 306 g/mol. The molecule has 5 heteroatoms. The first kappa shape index (κ1) is 18.6. The van der Waals surface area contributed by atoms with Crippen molar-refractivity contribution in [1.29, 1.82) is 0 Å². The van der Waals surface area contributed by atoms with Gasteiger partial charge >= 0.3 is 0 Å². The molecule has 1 aromatic rings. The average molecular weight is 335 g/mol. The smallest absolute Gasteiger partial charge is 0.223 e. The standard InChI is InChI=1S/C19H29NO4/c1-23-17-8-9-18(24-2)16(13-17)14-20(10-11-21)19(22)12-15-6-4-3-5-7-15/h8-9,13,15,21H,3-7,10-12,14H2,1-2H3. The number of amides is 1. The van der Waals surface area contributed by atoms with Crippen LogP contribution >= 0.6 is 0 Å². The Morgan fingerprint density at radius 1 is 1.21 bits per heavy atom. The molecule has 5 nitrogen and oxygen atoms in total. The van der Waals surface area contributed by atoms with Crippen LogP contribution in [0.4, 0.5) is 0 Å². The highest BCUT2D eigenvalue weighted by molar-refractivity contribution is 5.76. The van der Waals surface area contributed by atoms with Gasteiger partial charge in [0, 0.05) is 25.1 Å². The van der Waals surface area contributed by atoms with Crippen LogP contribution in [-0.4, -0.2) is 43.3 Å². The van der Waals surface area contributed by atoms with E-state index in [0.29, 0.717) is 25.4 Å². The number of ether oxygens (including phenoxy) is 2. The third-order valence-corrected chi connectivity index (χ3v) is 4.76. The molecule has 0 aromatic heterocycles. The van der Waals surface area contributed by atoms with E-state index in [1.165, 1.54) is 19.3 Å². The normalized spacial score (nSPS) is 15.1. The van der Waals surface area contributed by atoms with E-state index in [4.69, 9.17) is 9.47 Å². The van der Waals surface area contributed by atoms with Crippen molar-refractivity contribution >= 4 is 5.91 Å². The second-order valence-corrected chi connectivity index (χ2v) is 6.42. The minimum atomic E-state index is -0.0390. The minimum Gasteiger partial charge on any atom is -0.497 e. The lowest BCUT2D eigenvalue weighted by molar-refractivity contribution is -0.133. The molecule has 1 aliphatic rings. The molecule has 0 aliphatic heterocycles. The summed E-state index contributed by atoms with van der Waals surface area (Å²) >= 11 is 0. The molecule has 2 rings (SSSR count). The lowest BCUT2D eigenvalue weighted by Gasteiger charge is -2.27. The number of nitrogens with zero attached hydrogens (tertiary/aromatic N) is 1. The molecule has 1 amide bonds. The summed E-state index contributed by atoms with van der Waals surface area (Å²) in [6, 6.07) is 5.57. The molecule has 24 heavy (non-hydrogen) atoms.